The highest BCUT2D eigenvalue weighted by Crippen LogP contribution is 2.07. The van der Waals surface area contributed by atoms with Crippen molar-refractivity contribution >= 4 is 11.9 Å². The van der Waals surface area contributed by atoms with Crippen LogP contribution < -0.4 is 10.6 Å². The summed E-state index contributed by atoms with van der Waals surface area (Å²) in [5.41, 5.74) is 0. The molecule has 4 N–H and O–H groups in total. The molecule has 0 aromatic heterocycles. The molecule has 0 aromatic carbocycles. The van der Waals surface area contributed by atoms with E-state index in [-0.39, 0.29) is 24.9 Å². The van der Waals surface area contributed by atoms with E-state index in [1.54, 1.807) is 0 Å². The number of fused-ring (bicyclic) bond motifs is 3. The van der Waals surface area contributed by atoms with Crippen LogP contribution in [0.4, 0.5) is 0 Å². The quantitative estimate of drug-likeness (QED) is 0.530. The van der Waals surface area contributed by atoms with Crippen LogP contribution in [0.1, 0.15) is 25.7 Å². The SMILES string of the molecule is O=C(O)CC1CN2CCCNC(CC(=O)O)CN(CCCN1)CC2. The van der Waals surface area contributed by atoms with E-state index < -0.39 is 11.9 Å². The zero-order chi connectivity index (χ0) is 17.4. The van der Waals surface area contributed by atoms with Gasteiger partial charge in [-0.05, 0) is 39.0 Å². The summed E-state index contributed by atoms with van der Waals surface area (Å²) in [7, 11) is 0. The highest BCUT2D eigenvalue weighted by Gasteiger charge is 2.23. The zero-order valence-electron chi connectivity index (χ0n) is 14.2. The fraction of sp³-hybridized carbons (Fsp3) is 0.875. The second-order valence-corrected chi connectivity index (χ2v) is 6.81. The molecule has 0 spiro atoms. The second kappa shape index (κ2) is 9.93. The first-order valence-electron chi connectivity index (χ1n) is 8.88. The summed E-state index contributed by atoms with van der Waals surface area (Å²) in [6.45, 7) is 6.68. The van der Waals surface area contributed by atoms with Gasteiger partial charge in [-0.2, -0.15) is 0 Å². The standard InChI is InChI=1S/C16H30N4O4/c21-15(22)9-13-12-20-6-2-4-18-14(10-16(23)24)11-19(7-8-20)5-1-3-17-13/h13-14,17-18H,1-12H2,(H,21,22)(H,23,24). The number of carboxylic acids is 2. The van der Waals surface area contributed by atoms with Gasteiger partial charge in [0.2, 0.25) is 0 Å². The lowest BCUT2D eigenvalue weighted by Gasteiger charge is -2.35. The van der Waals surface area contributed by atoms with Gasteiger partial charge in [0.15, 0.2) is 0 Å². The van der Waals surface area contributed by atoms with Crippen LogP contribution in [0.25, 0.3) is 0 Å². The molecule has 2 rings (SSSR count). The van der Waals surface area contributed by atoms with Gasteiger partial charge >= 0.3 is 11.9 Å². The Morgan fingerprint density at radius 3 is 1.58 bits per heavy atom. The van der Waals surface area contributed by atoms with Crippen molar-refractivity contribution in [2.45, 2.75) is 37.8 Å². The molecule has 2 saturated heterocycles. The minimum atomic E-state index is -0.759. The van der Waals surface area contributed by atoms with Crippen LogP contribution in [-0.2, 0) is 9.59 Å². The monoisotopic (exact) mass is 342 g/mol. The molecule has 8 heteroatoms. The molecule has 24 heavy (non-hydrogen) atoms. The summed E-state index contributed by atoms with van der Waals surface area (Å²) < 4.78 is 0. The van der Waals surface area contributed by atoms with E-state index in [2.05, 4.69) is 20.4 Å². The number of aliphatic carboxylic acids is 2. The van der Waals surface area contributed by atoms with E-state index in [9.17, 15) is 9.59 Å². The van der Waals surface area contributed by atoms with Crippen LogP contribution in [0.15, 0.2) is 0 Å². The molecule has 2 aliphatic rings. The molecule has 2 aliphatic heterocycles. The zero-order valence-corrected chi connectivity index (χ0v) is 14.2. The summed E-state index contributed by atoms with van der Waals surface area (Å²) in [5.74, 6) is -1.52. The average molecular weight is 342 g/mol. The van der Waals surface area contributed by atoms with E-state index in [0.717, 1.165) is 65.2 Å². The van der Waals surface area contributed by atoms with Gasteiger partial charge in [-0.3, -0.25) is 9.59 Å². The van der Waals surface area contributed by atoms with Gasteiger partial charge in [0.05, 0.1) is 12.8 Å². The van der Waals surface area contributed by atoms with E-state index in [4.69, 9.17) is 10.2 Å². The van der Waals surface area contributed by atoms with Crippen molar-refractivity contribution in [1.29, 1.82) is 0 Å². The fourth-order valence-corrected chi connectivity index (χ4v) is 3.54. The number of hydrogen-bond donors (Lipinski definition) is 4. The van der Waals surface area contributed by atoms with Crippen LogP contribution in [-0.4, -0.2) is 96.4 Å². The maximum Gasteiger partial charge on any atom is 0.304 e. The van der Waals surface area contributed by atoms with E-state index in [0.29, 0.717) is 0 Å². The fourth-order valence-electron chi connectivity index (χ4n) is 3.54. The van der Waals surface area contributed by atoms with Crippen molar-refractivity contribution in [2.24, 2.45) is 0 Å². The van der Waals surface area contributed by atoms with E-state index in [1.165, 1.54) is 0 Å². The number of rotatable bonds is 4. The molecule has 0 aromatic rings. The lowest BCUT2D eigenvalue weighted by atomic mass is 10.1. The number of carbonyl (C=O) groups is 2. The molecule has 2 fully saturated rings. The topological polar surface area (TPSA) is 105 Å². The molecule has 138 valence electrons. The summed E-state index contributed by atoms with van der Waals surface area (Å²) in [5, 5.41) is 24.9. The Balaban J connectivity index is 1.99. The van der Waals surface area contributed by atoms with Crippen molar-refractivity contribution in [2.75, 3.05) is 52.4 Å². The molecule has 4 atom stereocenters. The van der Waals surface area contributed by atoms with Crippen molar-refractivity contribution in [3.8, 4) is 0 Å². The van der Waals surface area contributed by atoms with Crippen LogP contribution in [0, 0.1) is 0 Å². The van der Waals surface area contributed by atoms with Crippen molar-refractivity contribution < 1.29 is 19.8 Å². The van der Waals surface area contributed by atoms with Crippen molar-refractivity contribution in [3.05, 3.63) is 0 Å². The average Bonchev–Trinajstić information content (AvgIpc) is 2.50. The second-order valence-electron chi connectivity index (χ2n) is 6.81. The van der Waals surface area contributed by atoms with Crippen LogP contribution >= 0.6 is 0 Å². The molecular weight excluding hydrogens is 312 g/mol. The van der Waals surface area contributed by atoms with Crippen LogP contribution in [0.5, 0.6) is 0 Å². The van der Waals surface area contributed by atoms with Gasteiger partial charge in [0.1, 0.15) is 0 Å². The third-order valence-corrected chi connectivity index (χ3v) is 4.70. The minimum absolute atomic E-state index is 0.00953. The summed E-state index contributed by atoms with van der Waals surface area (Å²) in [6.07, 6.45) is 2.18. The van der Waals surface area contributed by atoms with Crippen molar-refractivity contribution in [1.82, 2.24) is 20.4 Å². The molecule has 2 bridgehead atoms. The molecular formula is C16H30N4O4. The Kier molecular flexibility index (Phi) is 7.90. The third kappa shape index (κ3) is 7.12. The van der Waals surface area contributed by atoms with Gasteiger partial charge in [0.25, 0.3) is 0 Å². The largest absolute Gasteiger partial charge is 0.481 e. The first-order chi connectivity index (χ1) is 11.5. The van der Waals surface area contributed by atoms with Crippen LogP contribution in [0.2, 0.25) is 0 Å². The number of carboxylic acid groups (broad SMARTS) is 2. The van der Waals surface area contributed by atoms with Gasteiger partial charge in [0, 0.05) is 38.3 Å². The van der Waals surface area contributed by atoms with E-state index >= 15 is 0 Å². The molecule has 8 nitrogen and oxygen atoms in total. The molecule has 0 amide bonds. The maximum atomic E-state index is 11.0. The Morgan fingerprint density at radius 2 is 1.21 bits per heavy atom. The summed E-state index contributed by atoms with van der Waals surface area (Å²) in [6, 6.07) is -0.0191. The Labute approximate surface area is 143 Å². The first-order valence-corrected chi connectivity index (χ1v) is 8.88. The van der Waals surface area contributed by atoms with Crippen LogP contribution in [0.3, 0.4) is 0 Å². The number of nitrogens with zero attached hydrogens (tertiary/aromatic N) is 2. The summed E-state index contributed by atoms with van der Waals surface area (Å²) >= 11 is 0. The van der Waals surface area contributed by atoms with Gasteiger partial charge < -0.3 is 30.6 Å². The molecule has 0 saturated carbocycles. The highest BCUT2D eigenvalue weighted by atomic mass is 16.4. The predicted molar refractivity (Wildman–Crippen MR) is 90.2 cm³/mol. The predicted octanol–water partition coefficient (Wildman–Crippen LogP) is -0.736. The smallest absolute Gasteiger partial charge is 0.304 e. The Morgan fingerprint density at radius 1 is 0.792 bits per heavy atom. The summed E-state index contributed by atoms with van der Waals surface area (Å²) in [4.78, 5) is 26.8. The van der Waals surface area contributed by atoms with E-state index in [1.807, 2.05) is 0 Å². The highest BCUT2D eigenvalue weighted by molar-refractivity contribution is 5.67. The third-order valence-electron chi connectivity index (χ3n) is 4.70. The Bertz CT molecular complexity index is 383. The molecule has 2 heterocycles. The normalized spacial score (nSPS) is 32.8. The molecule has 0 radical (unpaired) electrons. The Hall–Kier alpha value is -1.22. The van der Waals surface area contributed by atoms with Crippen molar-refractivity contribution in [3.63, 3.8) is 0 Å². The molecule has 0 aliphatic carbocycles. The van der Waals surface area contributed by atoms with Gasteiger partial charge in [-0.1, -0.05) is 0 Å². The maximum absolute atomic E-state index is 11.0. The van der Waals surface area contributed by atoms with Gasteiger partial charge in [-0.25, -0.2) is 0 Å². The minimum Gasteiger partial charge on any atom is -0.481 e. The number of hydrogen-bond acceptors (Lipinski definition) is 6. The lowest BCUT2D eigenvalue weighted by molar-refractivity contribution is -0.138. The lowest BCUT2D eigenvalue weighted by Crippen LogP contribution is -2.51. The molecule has 4 unspecified atom stereocenters. The number of nitrogens with one attached hydrogen (secondary N) is 2. The first kappa shape index (κ1) is 19.1. The van der Waals surface area contributed by atoms with Gasteiger partial charge in [-0.15, -0.1) is 0 Å².